The first kappa shape index (κ1) is 11.8. The Bertz CT molecular complexity index is 636. The van der Waals surface area contributed by atoms with Gasteiger partial charge >= 0.3 is 0 Å². The number of hydrogen-bond acceptors (Lipinski definition) is 3. The topological polar surface area (TPSA) is 61.1 Å². The van der Waals surface area contributed by atoms with Gasteiger partial charge in [0.15, 0.2) is 12.4 Å². The second kappa shape index (κ2) is 4.27. The summed E-state index contributed by atoms with van der Waals surface area (Å²) in [6.45, 7) is 1.84. The van der Waals surface area contributed by atoms with Gasteiger partial charge in [0.2, 0.25) is 5.69 Å². The van der Waals surface area contributed by atoms with Crippen molar-refractivity contribution in [2.75, 3.05) is 0 Å². The number of aromatic nitrogens is 1. The van der Waals surface area contributed by atoms with Crippen LogP contribution in [0.1, 0.15) is 5.56 Å². The van der Waals surface area contributed by atoms with Crippen LogP contribution >= 0.6 is 0 Å². The number of aryl methyl sites for hydroxylation is 1. The van der Waals surface area contributed by atoms with E-state index in [4.69, 9.17) is 0 Å². The van der Waals surface area contributed by atoms with Crippen molar-refractivity contribution >= 4 is 10.1 Å². The minimum atomic E-state index is -4.47. The Hall–Kier alpha value is -1.72. The van der Waals surface area contributed by atoms with E-state index in [1.54, 1.807) is 41.2 Å². The molecule has 0 bridgehead atoms. The van der Waals surface area contributed by atoms with Crippen molar-refractivity contribution < 1.29 is 17.5 Å². The maximum Gasteiger partial charge on any atom is 0.228 e. The van der Waals surface area contributed by atoms with Gasteiger partial charge in [-0.15, -0.1) is 0 Å². The van der Waals surface area contributed by atoms with Crippen LogP contribution in [0, 0.1) is 6.92 Å². The molecule has 0 radical (unpaired) electrons. The lowest BCUT2D eigenvalue weighted by Crippen LogP contribution is -2.31. The van der Waals surface area contributed by atoms with E-state index in [-0.39, 0.29) is 4.90 Å². The van der Waals surface area contributed by atoms with Crippen LogP contribution in [0.15, 0.2) is 53.7 Å². The average molecular weight is 249 g/mol. The molecule has 0 unspecified atom stereocenters. The lowest BCUT2D eigenvalue weighted by Gasteiger charge is -2.09. The summed E-state index contributed by atoms with van der Waals surface area (Å²) in [6, 6.07) is 9.97. The summed E-state index contributed by atoms with van der Waals surface area (Å²) in [5, 5.41) is 0. The Balaban J connectivity index is 2.72. The molecular formula is C12H11NO3S. The fourth-order valence-corrected chi connectivity index (χ4v) is 2.26. The van der Waals surface area contributed by atoms with Gasteiger partial charge in [0, 0.05) is 18.2 Å². The fraction of sp³-hybridized carbons (Fsp3) is 0.0833. The zero-order chi connectivity index (χ0) is 12.5. The molecule has 88 valence electrons. The largest absolute Gasteiger partial charge is 0.744 e. The molecule has 0 amide bonds. The van der Waals surface area contributed by atoms with E-state index >= 15 is 0 Å². The quantitative estimate of drug-likeness (QED) is 0.593. The third kappa shape index (κ3) is 2.51. The first-order valence-corrected chi connectivity index (χ1v) is 6.42. The highest BCUT2D eigenvalue weighted by Crippen LogP contribution is 2.16. The Morgan fingerprint density at radius 1 is 1.12 bits per heavy atom. The molecule has 0 spiro atoms. The zero-order valence-corrected chi connectivity index (χ0v) is 10.0. The van der Waals surface area contributed by atoms with E-state index in [1.807, 2.05) is 13.0 Å². The smallest absolute Gasteiger partial charge is 0.228 e. The Kier molecular flexibility index (Phi) is 2.95. The Labute approximate surface area is 99.9 Å². The van der Waals surface area contributed by atoms with Gasteiger partial charge in [-0.1, -0.05) is 12.1 Å². The highest BCUT2D eigenvalue weighted by Gasteiger charge is 2.16. The molecule has 1 aromatic heterocycles. The SMILES string of the molecule is Cc1ccc(S(=O)(=O)[O-])c(-[n+]2ccccc2)c1. The molecule has 4 nitrogen and oxygen atoms in total. The van der Waals surface area contributed by atoms with E-state index in [1.165, 1.54) is 6.07 Å². The van der Waals surface area contributed by atoms with Gasteiger partial charge in [0.1, 0.15) is 15.0 Å². The molecule has 1 heterocycles. The van der Waals surface area contributed by atoms with E-state index in [9.17, 15) is 13.0 Å². The third-order valence-electron chi connectivity index (χ3n) is 2.38. The molecule has 1 aromatic carbocycles. The number of pyridine rings is 1. The van der Waals surface area contributed by atoms with Crippen LogP contribution in [-0.2, 0) is 10.1 Å². The Morgan fingerprint density at radius 2 is 1.76 bits per heavy atom. The first-order valence-electron chi connectivity index (χ1n) is 5.02. The highest BCUT2D eigenvalue weighted by atomic mass is 32.2. The van der Waals surface area contributed by atoms with Crippen LogP contribution in [0.3, 0.4) is 0 Å². The second-order valence-electron chi connectivity index (χ2n) is 3.71. The molecule has 0 saturated heterocycles. The predicted octanol–water partition coefficient (Wildman–Crippen LogP) is 1.18. The third-order valence-corrected chi connectivity index (χ3v) is 3.26. The van der Waals surface area contributed by atoms with Gasteiger partial charge in [-0.2, -0.15) is 4.57 Å². The van der Waals surface area contributed by atoms with Crippen molar-refractivity contribution in [3.63, 3.8) is 0 Å². The van der Waals surface area contributed by atoms with Gasteiger partial charge in [0.25, 0.3) is 0 Å². The average Bonchev–Trinajstić information content (AvgIpc) is 2.28. The van der Waals surface area contributed by atoms with Crippen molar-refractivity contribution in [2.24, 2.45) is 0 Å². The summed E-state index contributed by atoms with van der Waals surface area (Å²) in [5.74, 6) is 0. The van der Waals surface area contributed by atoms with E-state index in [2.05, 4.69) is 0 Å². The van der Waals surface area contributed by atoms with Gasteiger partial charge in [-0.05, 0) is 18.6 Å². The normalized spacial score (nSPS) is 11.4. The first-order chi connectivity index (χ1) is 7.98. The maximum atomic E-state index is 11.2. The standard InChI is InChI=1S/C12H11NO3S/c1-10-5-6-12(17(14,15)16)11(9-10)13-7-3-2-4-8-13/h2-9H,1H3. The molecule has 0 N–H and O–H groups in total. The maximum absolute atomic E-state index is 11.2. The van der Waals surface area contributed by atoms with E-state index in [0.29, 0.717) is 5.69 Å². The molecule has 0 aliphatic heterocycles. The van der Waals surface area contributed by atoms with Crippen molar-refractivity contribution in [1.82, 2.24) is 0 Å². The van der Waals surface area contributed by atoms with Crippen LogP contribution in [0.2, 0.25) is 0 Å². The van der Waals surface area contributed by atoms with Crippen molar-refractivity contribution in [1.29, 1.82) is 0 Å². The summed E-state index contributed by atoms with van der Waals surface area (Å²) >= 11 is 0. The number of nitrogens with zero attached hydrogens (tertiary/aromatic N) is 1. The molecule has 17 heavy (non-hydrogen) atoms. The lowest BCUT2D eigenvalue weighted by atomic mass is 10.2. The van der Waals surface area contributed by atoms with Gasteiger partial charge in [-0.25, -0.2) is 8.42 Å². The molecule has 0 aliphatic rings. The lowest BCUT2D eigenvalue weighted by molar-refractivity contribution is -0.598. The summed E-state index contributed by atoms with van der Waals surface area (Å²) in [4.78, 5) is -0.209. The van der Waals surface area contributed by atoms with Gasteiger partial charge in [0.05, 0.1) is 0 Å². The monoisotopic (exact) mass is 249 g/mol. The van der Waals surface area contributed by atoms with Gasteiger partial charge in [-0.3, -0.25) is 0 Å². The van der Waals surface area contributed by atoms with Crippen molar-refractivity contribution in [3.05, 3.63) is 54.4 Å². The summed E-state index contributed by atoms with van der Waals surface area (Å²) in [7, 11) is -4.47. The predicted molar refractivity (Wildman–Crippen MR) is 60.7 cm³/mol. The molecule has 2 aromatic rings. The number of benzene rings is 1. The summed E-state index contributed by atoms with van der Waals surface area (Å²) in [5.41, 5.74) is 1.27. The van der Waals surface area contributed by atoms with Crippen LogP contribution in [0.4, 0.5) is 0 Å². The van der Waals surface area contributed by atoms with Crippen molar-refractivity contribution in [2.45, 2.75) is 11.8 Å². The highest BCUT2D eigenvalue weighted by molar-refractivity contribution is 7.85. The van der Waals surface area contributed by atoms with E-state index in [0.717, 1.165) is 5.56 Å². The molecule has 0 aliphatic carbocycles. The molecule has 0 atom stereocenters. The van der Waals surface area contributed by atoms with Crippen molar-refractivity contribution in [3.8, 4) is 5.69 Å². The minimum Gasteiger partial charge on any atom is -0.744 e. The molecule has 0 fully saturated rings. The Morgan fingerprint density at radius 3 is 2.35 bits per heavy atom. The number of rotatable bonds is 2. The van der Waals surface area contributed by atoms with E-state index < -0.39 is 10.1 Å². The summed E-state index contributed by atoms with van der Waals surface area (Å²) in [6.07, 6.45) is 3.40. The van der Waals surface area contributed by atoms with Gasteiger partial charge < -0.3 is 4.55 Å². The molecule has 0 saturated carbocycles. The minimum absolute atomic E-state index is 0.209. The molecular weight excluding hydrogens is 238 g/mol. The molecule has 5 heteroatoms. The van der Waals surface area contributed by atoms with Crippen LogP contribution in [0.5, 0.6) is 0 Å². The van der Waals surface area contributed by atoms with Crippen LogP contribution < -0.4 is 4.57 Å². The van der Waals surface area contributed by atoms with Crippen LogP contribution in [0.25, 0.3) is 5.69 Å². The summed E-state index contributed by atoms with van der Waals surface area (Å²) < 4.78 is 35.1. The fourth-order valence-electron chi connectivity index (χ4n) is 1.60. The number of hydrogen-bond donors (Lipinski definition) is 0. The second-order valence-corrected chi connectivity index (χ2v) is 5.06. The van der Waals surface area contributed by atoms with Crippen LogP contribution in [-0.4, -0.2) is 13.0 Å². The zero-order valence-electron chi connectivity index (χ0n) is 9.20. The molecule has 2 rings (SSSR count).